The molecular formula is C15H14N4O5S. The molecule has 0 saturated carbocycles. The maximum Gasteiger partial charge on any atom is 0.279 e. The predicted octanol–water partition coefficient (Wildman–Crippen LogP) is 1.16. The Hall–Kier alpha value is -3.27. The van der Waals surface area contributed by atoms with Gasteiger partial charge in [-0.2, -0.15) is 0 Å². The molecule has 130 valence electrons. The van der Waals surface area contributed by atoms with Crippen molar-refractivity contribution in [3.63, 3.8) is 0 Å². The quantitative estimate of drug-likeness (QED) is 0.543. The van der Waals surface area contributed by atoms with Crippen molar-refractivity contribution in [2.24, 2.45) is 0 Å². The number of carbonyl (C=O) groups excluding carboxylic acids is 3. The van der Waals surface area contributed by atoms with Crippen molar-refractivity contribution in [2.45, 2.75) is 6.92 Å². The zero-order valence-corrected chi connectivity index (χ0v) is 13.9. The summed E-state index contributed by atoms with van der Waals surface area (Å²) in [6, 6.07) is 7.31. The fraction of sp³-hybridized carbons (Fsp3) is 0.133. The number of benzene rings is 1. The van der Waals surface area contributed by atoms with Crippen LogP contribution in [0, 0.1) is 17.0 Å². The summed E-state index contributed by atoms with van der Waals surface area (Å²) in [4.78, 5) is 46.0. The minimum atomic E-state index is -0.639. The zero-order chi connectivity index (χ0) is 18.4. The van der Waals surface area contributed by atoms with Gasteiger partial charge >= 0.3 is 0 Å². The van der Waals surface area contributed by atoms with Gasteiger partial charge in [-0.15, -0.1) is 11.3 Å². The molecule has 10 heteroatoms. The highest BCUT2D eigenvalue weighted by Crippen LogP contribution is 2.19. The third-order valence-corrected chi connectivity index (χ3v) is 4.01. The van der Waals surface area contributed by atoms with Crippen LogP contribution in [0.15, 0.2) is 35.7 Å². The minimum Gasteiger partial charge on any atom is -0.343 e. The summed E-state index contributed by atoms with van der Waals surface area (Å²) < 4.78 is 0. The molecule has 0 aliphatic carbocycles. The van der Waals surface area contributed by atoms with Crippen LogP contribution in [0.4, 0.5) is 5.69 Å². The molecule has 0 bridgehead atoms. The highest BCUT2D eigenvalue weighted by atomic mass is 32.1. The third kappa shape index (κ3) is 4.85. The van der Waals surface area contributed by atoms with Crippen molar-refractivity contribution < 1.29 is 19.3 Å². The Kier molecular flexibility index (Phi) is 5.79. The zero-order valence-electron chi connectivity index (χ0n) is 13.1. The summed E-state index contributed by atoms with van der Waals surface area (Å²) in [6.07, 6.45) is 0. The number of nitro benzene ring substituents is 1. The summed E-state index contributed by atoms with van der Waals surface area (Å²) in [5, 5.41) is 14.9. The number of thiophene rings is 1. The molecule has 0 aliphatic rings. The van der Waals surface area contributed by atoms with Gasteiger partial charge in [0.05, 0.1) is 16.3 Å². The first kappa shape index (κ1) is 18.1. The van der Waals surface area contributed by atoms with Crippen molar-refractivity contribution in [2.75, 3.05) is 6.54 Å². The molecule has 1 aromatic heterocycles. The van der Waals surface area contributed by atoms with Crippen LogP contribution in [-0.4, -0.2) is 29.2 Å². The first-order chi connectivity index (χ1) is 11.9. The number of rotatable bonds is 5. The first-order valence-electron chi connectivity index (χ1n) is 7.04. The normalized spacial score (nSPS) is 9.96. The largest absolute Gasteiger partial charge is 0.343 e. The van der Waals surface area contributed by atoms with Gasteiger partial charge in [-0.05, 0) is 24.4 Å². The minimum absolute atomic E-state index is 0.0627. The summed E-state index contributed by atoms with van der Waals surface area (Å²) >= 11 is 1.21. The molecule has 0 radical (unpaired) electrons. The molecular weight excluding hydrogens is 348 g/mol. The molecule has 0 aliphatic heterocycles. The molecule has 0 spiro atoms. The predicted molar refractivity (Wildman–Crippen MR) is 90.1 cm³/mol. The van der Waals surface area contributed by atoms with Crippen LogP contribution in [-0.2, 0) is 4.79 Å². The van der Waals surface area contributed by atoms with Crippen molar-refractivity contribution in [1.29, 1.82) is 0 Å². The van der Waals surface area contributed by atoms with E-state index in [2.05, 4.69) is 16.2 Å². The van der Waals surface area contributed by atoms with E-state index in [1.54, 1.807) is 24.4 Å². The fourth-order valence-electron chi connectivity index (χ4n) is 1.85. The number of amides is 3. The van der Waals surface area contributed by atoms with Gasteiger partial charge in [0.1, 0.15) is 0 Å². The average Bonchev–Trinajstić information content (AvgIpc) is 3.12. The Morgan fingerprint density at radius 2 is 1.92 bits per heavy atom. The molecule has 2 rings (SSSR count). The van der Waals surface area contributed by atoms with E-state index in [1.165, 1.54) is 23.5 Å². The summed E-state index contributed by atoms with van der Waals surface area (Å²) in [5.74, 6) is -1.74. The number of hydrogen-bond donors (Lipinski definition) is 3. The molecule has 0 unspecified atom stereocenters. The number of hydrogen-bond acceptors (Lipinski definition) is 6. The van der Waals surface area contributed by atoms with Gasteiger partial charge in [0, 0.05) is 17.2 Å². The van der Waals surface area contributed by atoms with Crippen LogP contribution < -0.4 is 16.2 Å². The molecule has 25 heavy (non-hydrogen) atoms. The van der Waals surface area contributed by atoms with Gasteiger partial charge in [-0.25, -0.2) is 0 Å². The van der Waals surface area contributed by atoms with E-state index in [0.717, 1.165) is 6.07 Å². The molecule has 0 saturated heterocycles. The van der Waals surface area contributed by atoms with E-state index in [1.807, 2.05) is 0 Å². The van der Waals surface area contributed by atoms with Crippen LogP contribution in [0.3, 0.4) is 0 Å². The van der Waals surface area contributed by atoms with Crippen LogP contribution >= 0.6 is 11.3 Å². The lowest BCUT2D eigenvalue weighted by Gasteiger charge is -2.08. The number of hydrazine groups is 1. The second-order valence-electron chi connectivity index (χ2n) is 4.92. The molecule has 1 aromatic carbocycles. The standard InChI is InChI=1S/C15H14N4O5S/c1-9-4-5-10(7-11(9)19(23)24)14(21)16-8-13(20)17-18-15(22)12-3-2-6-25-12/h2-7H,8H2,1H3,(H,16,21)(H,17,20)(H,18,22). The van der Waals surface area contributed by atoms with Gasteiger partial charge in [0.25, 0.3) is 23.4 Å². The van der Waals surface area contributed by atoms with E-state index in [-0.39, 0.29) is 11.3 Å². The van der Waals surface area contributed by atoms with Gasteiger partial charge in [0.15, 0.2) is 0 Å². The Labute approximate surface area is 146 Å². The van der Waals surface area contributed by atoms with E-state index >= 15 is 0 Å². The first-order valence-corrected chi connectivity index (χ1v) is 7.92. The van der Waals surface area contributed by atoms with Crippen LogP contribution in [0.5, 0.6) is 0 Å². The molecule has 0 atom stereocenters. The third-order valence-electron chi connectivity index (χ3n) is 3.14. The Balaban J connectivity index is 1.85. The van der Waals surface area contributed by atoms with Crippen molar-refractivity contribution in [1.82, 2.24) is 16.2 Å². The maximum atomic E-state index is 12.0. The second-order valence-corrected chi connectivity index (χ2v) is 5.87. The van der Waals surface area contributed by atoms with Gasteiger partial charge in [-0.1, -0.05) is 12.1 Å². The average molecular weight is 362 g/mol. The maximum absolute atomic E-state index is 12.0. The Morgan fingerprint density at radius 1 is 1.16 bits per heavy atom. The lowest BCUT2D eigenvalue weighted by molar-refractivity contribution is -0.385. The van der Waals surface area contributed by atoms with Gasteiger partial charge in [-0.3, -0.25) is 35.3 Å². The number of nitrogens with zero attached hydrogens (tertiary/aromatic N) is 1. The van der Waals surface area contributed by atoms with Crippen molar-refractivity contribution in [3.8, 4) is 0 Å². The summed E-state index contributed by atoms with van der Waals surface area (Å²) in [6.45, 7) is 1.16. The van der Waals surface area contributed by atoms with Crippen molar-refractivity contribution in [3.05, 3.63) is 61.8 Å². The van der Waals surface area contributed by atoms with E-state index < -0.39 is 29.2 Å². The number of carbonyl (C=O) groups is 3. The van der Waals surface area contributed by atoms with E-state index in [9.17, 15) is 24.5 Å². The monoisotopic (exact) mass is 362 g/mol. The van der Waals surface area contributed by atoms with Gasteiger partial charge in [0.2, 0.25) is 0 Å². The highest BCUT2D eigenvalue weighted by Gasteiger charge is 2.15. The Morgan fingerprint density at radius 3 is 2.56 bits per heavy atom. The van der Waals surface area contributed by atoms with Crippen LogP contribution in [0.2, 0.25) is 0 Å². The SMILES string of the molecule is Cc1ccc(C(=O)NCC(=O)NNC(=O)c2cccs2)cc1[N+](=O)[O-]. The fourth-order valence-corrected chi connectivity index (χ4v) is 2.47. The summed E-state index contributed by atoms with van der Waals surface area (Å²) in [5.41, 5.74) is 4.68. The van der Waals surface area contributed by atoms with E-state index in [4.69, 9.17) is 0 Å². The van der Waals surface area contributed by atoms with Crippen molar-refractivity contribution >= 4 is 34.7 Å². The molecule has 9 nitrogen and oxygen atoms in total. The highest BCUT2D eigenvalue weighted by molar-refractivity contribution is 7.12. The smallest absolute Gasteiger partial charge is 0.279 e. The van der Waals surface area contributed by atoms with E-state index in [0.29, 0.717) is 10.4 Å². The van der Waals surface area contributed by atoms with Gasteiger partial charge < -0.3 is 5.32 Å². The molecule has 3 N–H and O–H groups in total. The van der Waals surface area contributed by atoms with Crippen LogP contribution in [0.1, 0.15) is 25.6 Å². The number of aryl methyl sites for hydroxylation is 1. The van der Waals surface area contributed by atoms with Crippen LogP contribution in [0.25, 0.3) is 0 Å². The second kappa shape index (κ2) is 8.02. The molecule has 1 heterocycles. The topological polar surface area (TPSA) is 130 Å². The Bertz CT molecular complexity index is 819. The molecule has 0 fully saturated rings. The lowest BCUT2D eigenvalue weighted by Crippen LogP contribution is -2.46. The molecule has 3 amide bonds. The number of nitrogens with one attached hydrogen (secondary N) is 3. The molecule has 2 aromatic rings. The summed E-state index contributed by atoms with van der Waals surface area (Å²) in [7, 11) is 0. The lowest BCUT2D eigenvalue weighted by atomic mass is 10.1. The number of nitro groups is 1.